The van der Waals surface area contributed by atoms with Gasteiger partial charge in [0.25, 0.3) is 0 Å². The van der Waals surface area contributed by atoms with Gasteiger partial charge in [-0.15, -0.1) is 0 Å². The number of hydrogen-bond acceptors (Lipinski definition) is 2. The lowest BCUT2D eigenvalue weighted by atomic mass is 10.2. The first-order valence-corrected chi connectivity index (χ1v) is 5.00. The molecule has 0 unspecified atom stereocenters. The fourth-order valence-corrected chi connectivity index (χ4v) is 1.14. The maximum atomic E-state index is 3.13. The quantitative estimate of drug-likeness (QED) is 0.673. The van der Waals surface area contributed by atoms with Crippen LogP contribution in [0.25, 0.3) is 0 Å². The summed E-state index contributed by atoms with van der Waals surface area (Å²) in [7, 11) is 8.10. The van der Waals surface area contributed by atoms with Gasteiger partial charge in [-0.05, 0) is 38.4 Å². The molecular weight excluding hydrogens is 184 g/mol. The van der Waals surface area contributed by atoms with Crippen LogP contribution in [0.4, 0.5) is 5.69 Å². The van der Waals surface area contributed by atoms with Crippen LogP contribution in [0.3, 0.4) is 0 Å². The van der Waals surface area contributed by atoms with Crippen molar-refractivity contribution < 1.29 is 0 Å². The second-order valence-electron chi connectivity index (χ2n) is 3.98. The van der Waals surface area contributed by atoms with Gasteiger partial charge >= 0.3 is 0 Å². The van der Waals surface area contributed by atoms with Crippen molar-refractivity contribution in [2.24, 2.45) is 0 Å². The zero-order valence-corrected chi connectivity index (χ0v) is 9.91. The van der Waals surface area contributed by atoms with E-state index in [-0.39, 0.29) is 0 Å². The van der Waals surface area contributed by atoms with Crippen molar-refractivity contribution in [3.63, 3.8) is 0 Å². The number of anilines is 1. The fraction of sp³-hybridized carbons (Fsp3) is 0.385. The van der Waals surface area contributed by atoms with Gasteiger partial charge in [-0.1, -0.05) is 11.8 Å². The summed E-state index contributed by atoms with van der Waals surface area (Å²) in [5.41, 5.74) is 2.27. The van der Waals surface area contributed by atoms with E-state index in [1.165, 1.54) is 5.69 Å². The van der Waals surface area contributed by atoms with Crippen LogP contribution in [-0.4, -0.2) is 39.6 Å². The van der Waals surface area contributed by atoms with Crippen molar-refractivity contribution >= 4 is 5.69 Å². The van der Waals surface area contributed by atoms with Gasteiger partial charge in [-0.25, -0.2) is 0 Å². The first-order valence-electron chi connectivity index (χ1n) is 5.00. The number of benzene rings is 1. The Morgan fingerprint density at radius 2 is 1.60 bits per heavy atom. The van der Waals surface area contributed by atoms with Gasteiger partial charge in [0.15, 0.2) is 0 Å². The Labute approximate surface area is 92.5 Å². The molecule has 0 saturated carbocycles. The molecule has 1 aromatic carbocycles. The standard InChI is InChI=1S/C13H18N2/c1-14(2)11-5-6-12-7-9-13(10-8-12)15(3)4/h7-10H,11H2,1-4H3. The van der Waals surface area contributed by atoms with E-state index in [0.29, 0.717) is 0 Å². The molecule has 0 fully saturated rings. The van der Waals surface area contributed by atoms with E-state index in [1.54, 1.807) is 0 Å². The maximum absolute atomic E-state index is 3.13. The third kappa shape index (κ3) is 4.05. The van der Waals surface area contributed by atoms with Crippen LogP contribution in [0.2, 0.25) is 0 Å². The second kappa shape index (κ2) is 5.43. The van der Waals surface area contributed by atoms with Crippen LogP contribution in [0, 0.1) is 11.8 Å². The highest BCUT2D eigenvalue weighted by Gasteiger charge is 1.93. The number of hydrogen-bond donors (Lipinski definition) is 0. The lowest BCUT2D eigenvalue weighted by molar-refractivity contribution is 0.464. The predicted octanol–water partition coefficient (Wildman–Crippen LogP) is 1.67. The molecule has 0 radical (unpaired) electrons. The molecule has 15 heavy (non-hydrogen) atoms. The molecule has 1 rings (SSSR count). The second-order valence-corrected chi connectivity index (χ2v) is 3.98. The van der Waals surface area contributed by atoms with Crippen molar-refractivity contribution in [1.82, 2.24) is 4.90 Å². The smallest absolute Gasteiger partial charge is 0.0600 e. The molecule has 0 spiro atoms. The Bertz CT molecular complexity index is 352. The summed E-state index contributed by atoms with van der Waals surface area (Å²) in [4.78, 5) is 4.14. The zero-order chi connectivity index (χ0) is 11.3. The highest BCUT2D eigenvalue weighted by Crippen LogP contribution is 2.11. The number of rotatable bonds is 2. The van der Waals surface area contributed by atoms with E-state index in [0.717, 1.165) is 12.1 Å². The lowest BCUT2D eigenvalue weighted by Gasteiger charge is -2.11. The Hall–Kier alpha value is -1.46. The minimum atomic E-state index is 0.801. The lowest BCUT2D eigenvalue weighted by Crippen LogP contribution is -2.10. The normalized spacial score (nSPS) is 9.67. The average molecular weight is 202 g/mol. The summed E-state index contributed by atoms with van der Waals surface area (Å²) in [5.74, 6) is 6.24. The molecule has 80 valence electrons. The van der Waals surface area contributed by atoms with Crippen LogP contribution in [0.5, 0.6) is 0 Å². The van der Waals surface area contributed by atoms with Gasteiger partial charge < -0.3 is 4.90 Å². The molecule has 1 aromatic rings. The predicted molar refractivity (Wildman–Crippen MR) is 66.2 cm³/mol. The van der Waals surface area contributed by atoms with E-state index in [1.807, 2.05) is 28.2 Å². The molecule has 0 amide bonds. The van der Waals surface area contributed by atoms with Crippen molar-refractivity contribution in [3.05, 3.63) is 29.8 Å². The number of nitrogens with zero attached hydrogens (tertiary/aromatic N) is 2. The first-order chi connectivity index (χ1) is 7.09. The average Bonchev–Trinajstić information content (AvgIpc) is 2.18. The van der Waals surface area contributed by atoms with Crippen molar-refractivity contribution in [2.45, 2.75) is 0 Å². The van der Waals surface area contributed by atoms with Gasteiger partial charge in [0.1, 0.15) is 0 Å². The molecule has 0 bridgehead atoms. The topological polar surface area (TPSA) is 6.48 Å². The van der Waals surface area contributed by atoms with E-state index < -0.39 is 0 Å². The molecule has 0 aliphatic carbocycles. The minimum Gasteiger partial charge on any atom is -0.378 e. The van der Waals surface area contributed by atoms with Crippen LogP contribution in [0.15, 0.2) is 24.3 Å². The summed E-state index contributed by atoms with van der Waals surface area (Å²) < 4.78 is 0. The maximum Gasteiger partial charge on any atom is 0.0600 e. The Kier molecular flexibility index (Phi) is 4.20. The highest BCUT2D eigenvalue weighted by molar-refractivity contribution is 5.49. The SMILES string of the molecule is CN(C)CC#Cc1ccc(N(C)C)cc1. The summed E-state index contributed by atoms with van der Waals surface area (Å²) in [5, 5.41) is 0. The zero-order valence-electron chi connectivity index (χ0n) is 9.91. The molecule has 0 N–H and O–H groups in total. The molecule has 0 heterocycles. The van der Waals surface area contributed by atoms with E-state index in [9.17, 15) is 0 Å². The Morgan fingerprint density at radius 1 is 1.00 bits per heavy atom. The monoisotopic (exact) mass is 202 g/mol. The van der Waals surface area contributed by atoms with Crippen LogP contribution in [-0.2, 0) is 0 Å². The molecule has 2 nitrogen and oxygen atoms in total. The molecule has 0 aliphatic heterocycles. The third-order valence-electron chi connectivity index (χ3n) is 2.01. The Morgan fingerprint density at radius 3 is 2.07 bits per heavy atom. The van der Waals surface area contributed by atoms with Gasteiger partial charge in [0.05, 0.1) is 6.54 Å². The van der Waals surface area contributed by atoms with Gasteiger partial charge in [0.2, 0.25) is 0 Å². The van der Waals surface area contributed by atoms with Crippen LogP contribution < -0.4 is 4.90 Å². The van der Waals surface area contributed by atoms with Crippen molar-refractivity contribution in [3.8, 4) is 11.8 Å². The molecule has 0 aliphatic rings. The minimum absolute atomic E-state index is 0.801. The van der Waals surface area contributed by atoms with Gasteiger partial charge in [-0.3, -0.25) is 4.90 Å². The van der Waals surface area contributed by atoms with Crippen molar-refractivity contribution in [2.75, 3.05) is 39.6 Å². The molecule has 0 aromatic heterocycles. The first kappa shape index (κ1) is 11.6. The summed E-state index contributed by atoms with van der Waals surface area (Å²) in [6, 6.07) is 8.27. The molecule has 0 saturated heterocycles. The summed E-state index contributed by atoms with van der Waals surface area (Å²) in [6.07, 6.45) is 0. The molecule has 2 heteroatoms. The van der Waals surface area contributed by atoms with E-state index >= 15 is 0 Å². The fourth-order valence-electron chi connectivity index (χ4n) is 1.14. The van der Waals surface area contributed by atoms with Crippen LogP contribution in [0.1, 0.15) is 5.56 Å². The molecule has 0 atom stereocenters. The van der Waals surface area contributed by atoms with Gasteiger partial charge in [0, 0.05) is 25.3 Å². The van der Waals surface area contributed by atoms with Crippen molar-refractivity contribution in [1.29, 1.82) is 0 Å². The van der Waals surface area contributed by atoms with Gasteiger partial charge in [-0.2, -0.15) is 0 Å². The van der Waals surface area contributed by atoms with E-state index in [2.05, 4.69) is 45.9 Å². The van der Waals surface area contributed by atoms with E-state index in [4.69, 9.17) is 0 Å². The third-order valence-corrected chi connectivity index (χ3v) is 2.01. The highest BCUT2D eigenvalue weighted by atomic mass is 15.1. The summed E-state index contributed by atoms with van der Waals surface area (Å²) in [6.45, 7) is 0.801. The van der Waals surface area contributed by atoms with Crippen LogP contribution >= 0.6 is 0 Å². The summed E-state index contributed by atoms with van der Waals surface area (Å²) >= 11 is 0. The Balaban J connectivity index is 2.67. The largest absolute Gasteiger partial charge is 0.378 e. The molecular formula is C13H18N2.